The van der Waals surface area contributed by atoms with E-state index < -0.39 is 17.1 Å². The van der Waals surface area contributed by atoms with E-state index in [0.717, 1.165) is 5.69 Å². The van der Waals surface area contributed by atoms with E-state index in [1.165, 1.54) is 17.0 Å². The zero-order chi connectivity index (χ0) is 16.1. The zero-order valence-electron chi connectivity index (χ0n) is 12.0. The van der Waals surface area contributed by atoms with Crippen LogP contribution in [-0.2, 0) is 4.79 Å². The Balaban J connectivity index is 1.68. The van der Waals surface area contributed by atoms with Crippen LogP contribution in [0.25, 0.3) is 0 Å². The first-order valence-electron chi connectivity index (χ1n) is 7.09. The molecule has 1 aliphatic heterocycles. The van der Waals surface area contributed by atoms with Crippen molar-refractivity contribution in [1.29, 1.82) is 0 Å². The van der Waals surface area contributed by atoms with E-state index in [9.17, 15) is 25.1 Å². The Labute approximate surface area is 127 Å². The lowest BCUT2D eigenvalue weighted by Gasteiger charge is -2.15. The summed E-state index contributed by atoms with van der Waals surface area (Å²) < 4.78 is 0. The van der Waals surface area contributed by atoms with E-state index in [2.05, 4.69) is 5.32 Å². The smallest absolute Gasteiger partial charge is 0.269 e. The van der Waals surface area contributed by atoms with E-state index in [4.69, 9.17) is 0 Å². The number of aliphatic hydroxyl groups is 2. The quantitative estimate of drug-likeness (QED) is 0.397. The molecule has 1 saturated heterocycles. The molecule has 1 amide bonds. The number of anilines is 1. The number of hydrogen-bond donors (Lipinski definition) is 3. The first-order chi connectivity index (χ1) is 10.5. The van der Waals surface area contributed by atoms with Crippen molar-refractivity contribution in [2.75, 3.05) is 25.0 Å². The van der Waals surface area contributed by atoms with Crippen molar-refractivity contribution in [1.82, 2.24) is 4.90 Å². The summed E-state index contributed by atoms with van der Waals surface area (Å²) in [5.74, 6) is -0.0962. The van der Waals surface area contributed by atoms with E-state index in [1.807, 2.05) is 0 Å². The zero-order valence-corrected chi connectivity index (χ0v) is 12.0. The van der Waals surface area contributed by atoms with Gasteiger partial charge >= 0.3 is 0 Å². The van der Waals surface area contributed by atoms with Gasteiger partial charge in [0, 0.05) is 43.9 Å². The third kappa shape index (κ3) is 4.15. The Morgan fingerprint density at radius 1 is 1.27 bits per heavy atom. The van der Waals surface area contributed by atoms with Crippen LogP contribution in [0.2, 0.25) is 0 Å². The van der Waals surface area contributed by atoms with Gasteiger partial charge in [-0.2, -0.15) is 0 Å². The van der Waals surface area contributed by atoms with Gasteiger partial charge in [-0.3, -0.25) is 14.9 Å². The lowest BCUT2D eigenvalue weighted by atomic mass is 10.2. The molecule has 0 saturated carbocycles. The molecule has 1 heterocycles. The van der Waals surface area contributed by atoms with Crippen molar-refractivity contribution in [2.45, 2.75) is 25.0 Å². The molecule has 2 rings (SSSR count). The highest BCUT2D eigenvalue weighted by atomic mass is 16.6. The molecule has 2 atom stereocenters. The van der Waals surface area contributed by atoms with Crippen LogP contribution in [0.4, 0.5) is 11.4 Å². The average molecular weight is 309 g/mol. The Kier molecular flexibility index (Phi) is 5.29. The molecular formula is C14H19N3O5. The molecule has 1 aliphatic rings. The third-order valence-electron chi connectivity index (χ3n) is 3.59. The molecule has 120 valence electrons. The van der Waals surface area contributed by atoms with E-state index in [-0.39, 0.29) is 24.7 Å². The molecule has 0 radical (unpaired) electrons. The molecule has 8 heteroatoms. The van der Waals surface area contributed by atoms with Crippen molar-refractivity contribution in [3.8, 4) is 0 Å². The fourth-order valence-corrected chi connectivity index (χ4v) is 2.30. The lowest BCUT2D eigenvalue weighted by molar-refractivity contribution is -0.384. The highest BCUT2D eigenvalue weighted by Gasteiger charge is 2.31. The maximum Gasteiger partial charge on any atom is 0.269 e. The summed E-state index contributed by atoms with van der Waals surface area (Å²) in [4.78, 5) is 23.4. The maximum atomic E-state index is 11.9. The molecule has 3 N–H and O–H groups in total. The first-order valence-corrected chi connectivity index (χ1v) is 7.09. The van der Waals surface area contributed by atoms with Crippen LogP contribution < -0.4 is 5.32 Å². The topological polar surface area (TPSA) is 116 Å². The average Bonchev–Trinajstić information content (AvgIpc) is 2.83. The van der Waals surface area contributed by atoms with Gasteiger partial charge < -0.3 is 20.4 Å². The number of carbonyl (C=O) groups excluding carboxylic acids is 1. The van der Waals surface area contributed by atoms with E-state index in [1.54, 1.807) is 12.1 Å². The van der Waals surface area contributed by atoms with Gasteiger partial charge in [-0.1, -0.05) is 0 Å². The highest BCUT2D eigenvalue weighted by Crippen LogP contribution is 2.16. The molecule has 0 bridgehead atoms. The minimum Gasteiger partial charge on any atom is -0.388 e. The normalized spacial score (nSPS) is 20.9. The molecule has 1 aromatic rings. The summed E-state index contributed by atoms with van der Waals surface area (Å²) in [6.07, 6.45) is -0.804. The SMILES string of the molecule is O=C(CCCNc1ccc([N+](=O)[O-])cc1)N1C[C@@H](O)[C@@H](O)C1. The standard InChI is InChI=1S/C14H19N3O5/c18-12-8-16(9-13(12)19)14(20)2-1-7-15-10-3-5-11(6-4-10)17(21)22/h3-6,12-13,15,18-19H,1-2,7-9H2/t12-,13+. The number of rotatable bonds is 6. The second-order valence-corrected chi connectivity index (χ2v) is 5.27. The fraction of sp³-hybridized carbons (Fsp3) is 0.500. The maximum absolute atomic E-state index is 11.9. The van der Waals surface area contributed by atoms with Crippen LogP contribution in [-0.4, -0.2) is 57.8 Å². The van der Waals surface area contributed by atoms with E-state index in [0.29, 0.717) is 19.4 Å². The molecule has 1 fully saturated rings. The Bertz CT molecular complexity index is 524. The monoisotopic (exact) mass is 309 g/mol. The minimum atomic E-state index is -0.859. The number of hydrogen-bond acceptors (Lipinski definition) is 6. The summed E-state index contributed by atoms with van der Waals surface area (Å²) in [5.41, 5.74) is 0.789. The van der Waals surface area contributed by atoms with Crippen molar-refractivity contribution < 1.29 is 19.9 Å². The van der Waals surface area contributed by atoms with Gasteiger partial charge in [-0.25, -0.2) is 0 Å². The molecule has 8 nitrogen and oxygen atoms in total. The van der Waals surface area contributed by atoms with Gasteiger partial charge in [-0.15, -0.1) is 0 Å². The van der Waals surface area contributed by atoms with Crippen molar-refractivity contribution in [3.63, 3.8) is 0 Å². The van der Waals surface area contributed by atoms with Gasteiger partial charge in [0.05, 0.1) is 17.1 Å². The van der Waals surface area contributed by atoms with Gasteiger partial charge in [0.25, 0.3) is 5.69 Å². The van der Waals surface area contributed by atoms with Crippen LogP contribution in [0.15, 0.2) is 24.3 Å². The van der Waals surface area contributed by atoms with Crippen molar-refractivity contribution in [2.24, 2.45) is 0 Å². The number of β-amino-alcohol motifs (C(OH)–C–C–N with tert-alkyl or cyclic N) is 2. The number of likely N-dealkylation sites (tertiary alicyclic amines) is 1. The highest BCUT2D eigenvalue weighted by molar-refractivity contribution is 5.76. The summed E-state index contributed by atoms with van der Waals surface area (Å²) in [6, 6.07) is 6.07. The van der Waals surface area contributed by atoms with Gasteiger partial charge in [-0.05, 0) is 18.6 Å². The number of nitrogens with zero attached hydrogens (tertiary/aromatic N) is 2. The largest absolute Gasteiger partial charge is 0.388 e. The Hall–Kier alpha value is -2.19. The summed E-state index contributed by atoms with van der Waals surface area (Å²) in [5, 5.41) is 32.4. The molecule has 1 aromatic carbocycles. The van der Waals surface area contributed by atoms with Crippen molar-refractivity contribution >= 4 is 17.3 Å². The fourth-order valence-electron chi connectivity index (χ4n) is 2.30. The third-order valence-corrected chi connectivity index (χ3v) is 3.59. The summed E-state index contributed by atoms with van der Waals surface area (Å²) >= 11 is 0. The van der Waals surface area contributed by atoms with Crippen molar-refractivity contribution in [3.05, 3.63) is 34.4 Å². The van der Waals surface area contributed by atoms with Crippen LogP contribution in [0.5, 0.6) is 0 Å². The predicted octanol–water partition coefficient (Wildman–Crippen LogP) is 0.351. The van der Waals surface area contributed by atoms with Gasteiger partial charge in [0.2, 0.25) is 5.91 Å². The second-order valence-electron chi connectivity index (χ2n) is 5.27. The van der Waals surface area contributed by atoms with Crippen LogP contribution in [0, 0.1) is 10.1 Å². The first kappa shape index (κ1) is 16.2. The molecule has 0 unspecified atom stereocenters. The minimum absolute atomic E-state index is 0.0341. The molecule has 0 spiro atoms. The Morgan fingerprint density at radius 2 is 1.86 bits per heavy atom. The number of nitro benzene ring substituents is 1. The number of nitrogens with one attached hydrogen (secondary N) is 1. The molecule has 0 aromatic heterocycles. The number of non-ortho nitro benzene ring substituents is 1. The lowest BCUT2D eigenvalue weighted by Crippen LogP contribution is -2.29. The number of benzene rings is 1. The summed E-state index contributed by atoms with van der Waals surface area (Å²) in [7, 11) is 0. The number of aliphatic hydroxyl groups excluding tert-OH is 2. The number of carbonyl (C=O) groups is 1. The van der Waals surface area contributed by atoms with Gasteiger partial charge in [0.15, 0.2) is 0 Å². The number of nitro groups is 1. The second kappa shape index (κ2) is 7.19. The van der Waals surface area contributed by atoms with Crippen LogP contribution >= 0.6 is 0 Å². The Morgan fingerprint density at radius 3 is 2.41 bits per heavy atom. The summed E-state index contributed by atoms with van der Waals surface area (Å²) in [6.45, 7) is 0.911. The van der Waals surface area contributed by atoms with Crippen LogP contribution in [0.3, 0.4) is 0 Å². The predicted molar refractivity (Wildman–Crippen MR) is 79.4 cm³/mol. The van der Waals surface area contributed by atoms with E-state index >= 15 is 0 Å². The number of amides is 1. The molecular weight excluding hydrogens is 290 g/mol. The molecule has 22 heavy (non-hydrogen) atoms. The molecule has 0 aliphatic carbocycles. The van der Waals surface area contributed by atoms with Gasteiger partial charge in [0.1, 0.15) is 0 Å². The van der Waals surface area contributed by atoms with Crippen LogP contribution in [0.1, 0.15) is 12.8 Å².